The maximum Gasteiger partial charge on any atom is 0.310 e. The topological polar surface area (TPSA) is 38.3 Å². The molecule has 0 fully saturated rings. The van der Waals surface area contributed by atoms with Crippen LogP contribution in [-0.2, 0) is 16.1 Å². The van der Waals surface area contributed by atoms with Crippen molar-refractivity contribution in [3.63, 3.8) is 0 Å². The molecule has 2 unspecified atom stereocenters. The average molecular weight is 295 g/mol. The lowest BCUT2D eigenvalue weighted by molar-refractivity contribution is -0.149. The predicted molar refractivity (Wildman–Crippen MR) is 85.9 cm³/mol. The molecule has 4 heteroatoms. The van der Waals surface area contributed by atoms with Crippen molar-refractivity contribution < 1.29 is 9.53 Å². The molecule has 0 saturated carbocycles. The van der Waals surface area contributed by atoms with Gasteiger partial charge in [-0.1, -0.05) is 44.2 Å². The Morgan fingerprint density at radius 1 is 1.30 bits per heavy atom. The average Bonchev–Trinajstić information content (AvgIpc) is 2.49. The van der Waals surface area contributed by atoms with E-state index < -0.39 is 0 Å². The van der Waals surface area contributed by atoms with E-state index >= 15 is 0 Å². The minimum atomic E-state index is -0.140. The minimum Gasteiger partial charge on any atom is -0.461 e. The molecule has 1 aromatic carbocycles. The summed E-state index contributed by atoms with van der Waals surface area (Å²) in [7, 11) is 0. The Bertz CT molecular complexity index is 383. The highest BCUT2D eigenvalue weighted by Crippen LogP contribution is 2.08. The SMILES string of the molecule is CSC(C)CCNCC(C)C(=O)OCc1ccccc1. The van der Waals surface area contributed by atoms with Gasteiger partial charge in [0, 0.05) is 11.8 Å². The lowest BCUT2D eigenvalue weighted by Crippen LogP contribution is -2.29. The molecule has 0 aromatic heterocycles. The van der Waals surface area contributed by atoms with Crippen molar-refractivity contribution >= 4 is 17.7 Å². The lowest BCUT2D eigenvalue weighted by Gasteiger charge is -2.13. The summed E-state index contributed by atoms with van der Waals surface area (Å²) in [6.45, 7) is 6.09. The Hall–Kier alpha value is -1.00. The first-order valence-electron chi connectivity index (χ1n) is 7.07. The molecule has 1 rings (SSSR count). The molecule has 20 heavy (non-hydrogen) atoms. The van der Waals surface area contributed by atoms with Crippen LogP contribution in [-0.4, -0.2) is 30.6 Å². The Labute approximate surface area is 126 Å². The number of hydrogen-bond donors (Lipinski definition) is 1. The third-order valence-corrected chi connectivity index (χ3v) is 4.25. The van der Waals surface area contributed by atoms with Gasteiger partial charge in [-0.25, -0.2) is 0 Å². The summed E-state index contributed by atoms with van der Waals surface area (Å²) in [5.41, 5.74) is 1.02. The summed E-state index contributed by atoms with van der Waals surface area (Å²) >= 11 is 1.86. The predicted octanol–water partition coefficient (Wildman–Crippen LogP) is 3.10. The number of hydrogen-bond acceptors (Lipinski definition) is 4. The van der Waals surface area contributed by atoms with Gasteiger partial charge < -0.3 is 10.1 Å². The number of rotatable bonds is 9. The van der Waals surface area contributed by atoms with Gasteiger partial charge in [0.15, 0.2) is 0 Å². The molecular weight excluding hydrogens is 270 g/mol. The maximum absolute atomic E-state index is 11.8. The molecule has 0 amide bonds. The minimum absolute atomic E-state index is 0.108. The van der Waals surface area contributed by atoms with Crippen molar-refractivity contribution in [1.82, 2.24) is 5.32 Å². The number of thioether (sulfide) groups is 1. The van der Waals surface area contributed by atoms with E-state index in [-0.39, 0.29) is 11.9 Å². The second-order valence-electron chi connectivity index (χ2n) is 5.03. The number of benzene rings is 1. The Balaban J connectivity index is 2.16. The van der Waals surface area contributed by atoms with Gasteiger partial charge in [-0.2, -0.15) is 11.8 Å². The van der Waals surface area contributed by atoms with Crippen LogP contribution in [0.5, 0.6) is 0 Å². The third-order valence-electron chi connectivity index (χ3n) is 3.21. The standard InChI is InChI=1S/C16H25NO2S/c1-13(11-17-10-9-14(2)20-3)16(18)19-12-15-7-5-4-6-8-15/h4-8,13-14,17H,9-12H2,1-3H3. The lowest BCUT2D eigenvalue weighted by atomic mass is 10.2. The first kappa shape index (κ1) is 17.1. The first-order chi connectivity index (χ1) is 9.63. The molecule has 0 aliphatic rings. The van der Waals surface area contributed by atoms with Gasteiger partial charge in [0.25, 0.3) is 0 Å². The van der Waals surface area contributed by atoms with E-state index in [1.54, 1.807) is 0 Å². The van der Waals surface area contributed by atoms with E-state index in [9.17, 15) is 4.79 Å². The number of carbonyl (C=O) groups excluding carboxylic acids is 1. The highest BCUT2D eigenvalue weighted by atomic mass is 32.2. The molecule has 0 radical (unpaired) electrons. The second kappa shape index (κ2) is 9.83. The van der Waals surface area contributed by atoms with Gasteiger partial charge in [0.1, 0.15) is 6.61 Å². The monoisotopic (exact) mass is 295 g/mol. The fourth-order valence-corrected chi connectivity index (χ4v) is 2.05. The van der Waals surface area contributed by atoms with Crippen LogP contribution in [0.25, 0.3) is 0 Å². The van der Waals surface area contributed by atoms with Crippen molar-refractivity contribution in [3.05, 3.63) is 35.9 Å². The molecule has 0 heterocycles. The van der Waals surface area contributed by atoms with E-state index in [0.29, 0.717) is 18.4 Å². The van der Waals surface area contributed by atoms with E-state index in [1.165, 1.54) is 0 Å². The highest BCUT2D eigenvalue weighted by molar-refractivity contribution is 7.99. The molecule has 0 saturated heterocycles. The van der Waals surface area contributed by atoms with E-state index in [4.69, 9.17) is 4.74 Å². The molecule has 0 aliphatic heterocycles. The Morgan fingerprint density at radius 2 is 2.00 bits per heavy atom. The van der Waals surface area contributed by atoms with Gasteiger partial charge >= 0.3 is 5.97 Å². The van der Waals surface area contributed by atoms with Gasteiger partial charge in [0.2, 0.25) is 0 Å². The quantitative estimate of drug-likeness (QED) is 0.561. The maximum atomic E-state index is 11.8. The fraction of sp³-hybridized carbons (Fsp3) is 0.562. The Morgan fingerprint density at radius 3 is 2.65 bits per heavy atom. The largest absolute Gasteiger partial charge is 0.461 e. The van der Waals surface area contributed by atoms with Crippen LogP contribution in [0.1, 0.15) is 25.8 Å². The van der Waals surface area contributed by atoms with Crippen molar-refractivity contribution in [3.8, 4) is 0 Å². The molecule has 1 aromatic rings. The summed E-state index contributed by atoms with van der Waals surface area (Å²) in [6.07, 6.45) is 3.24. The summed E-state index contributed by atoms with van der Waals surface area (Å²) in [5.74, 6) is -0.248. The molecule has 1 N–H and O–H groups in total. The van der Waals surface area contributed by atoms with E-state index in [2.05, 4.69) is 18.5 Å². The second-order valence-corrected chi connectivity index (χ2v) is 6.31. The van der Waals surface area contributed by atoms with Crippen molar-refractivity contribution in [1.29, 1.82) is 0 Å². The zero-order valence-corrected chi connectivity index (χ0v) is 13.4. The van der Waals surface area contributed by atoms with Crippen LogP contribution >= 0.6 is 11.8 Å². The molecule has 2 atom stereocenters. The normalized spacial score (nSPS) is 13.8. The van der Waals surface area contributed by atoms with Crippen molar-refractivity contribution in [2.75, 3.05) is 19.3 Å². The van der Waals surface area contributed by atoms with Crippen LogP contribution in [0.4, 0.5) is 0 Å². The Kier molecular flexibility index (Phi) is 8.38. The van der Waals surface area contributed by atoms with Crippen molar-refractivity contribution in [2.24, 2.45) is 5.92 Å². The summed E-state index contributed by atoms with van der Waals surface area (Å²) in [5, 5.41) is 3.97. The molecule has 112 valence electrons. The molecule has 3 nitrogen and oxygen atoms in total. The third kappa shape index (κ3) is 6.96. The van der Waals surface area contributed by atoms with Gasteiger partial charge in [-0.05, 0) is 24.8 Å². The highest BCUT2D eigenvalue weighted by Gasteiger charge is 2.14. The van der Waals surface area contributed by atoms with Gasteiger partial charge in [-0.3, -0.25) is 4.79 Å². The number of carbonyl (C=O) groups is 1. The van der Waals surface area contributed by atoms with E-state index in [1.807, 2.05) is 49.0 Å². The molecular formula is C16H25NO2S. The van der Waals surface area contributed by atoms with Gasteiger partial charge in [0.05, 0.1) is 5.92 Å². The summed E-state index contributed by atoms with van der Waals surface area (Å²) < 4.78 is 5.31. The van der Waals surface area contributed by atoms with Crippen LogP contribution in [0.3, 0.4) is 0 Å². The van der Waals surface area contributed by atoms with Gasteiger partial charge in [-0.15, -0.1) is 0 Å². The molecule has 0 spiro atoms. The molecule has 0 bridgehead atoms. The summed E-state index contributed by atoms with van der Waals surface area (Å²) in [4.78, 5) is 11.8. The zero-order chi connectivity index (χ0) is 14.8. The smallest absolute Gasteiger partial charge is 0.310 e. The number of nitrogens with one attached hydrogen (secondary N) is 1. The van der Waals surface area contributed by atoms with Crippen LogP contribution in [0.15, 0.2) is 30.3 Å². The van der Waals surface area contributed by atoms with Crippen LogP contribution in [0.2, 0.25) is 0 Å². The fourth-order valence-electron chi connectivity index (χ4n) is 1.70. The van der Waals surface area contributed by atoms with Crippen LogP contribution in [0, 0.1) is 5.92 Å². The summed E-state index contributed by atoms with van der Waals surface area (Å²) in [6, 6.07) is 9.76. The number of esters is 1. The number of ether oxygens (including phenoxy) is 1. The van der Waals surface area contributed by atoms with E-state index in [0.717, 1.165) is 18.5 Å². The first-order valence-corrected chi connectivity index (χ1v) is 8.36. The van der Waals surface area contributed by atoms with Crippen LogP contribution < -0.4 is 5.32 Å². The van der Waals surface area contributed by atoms with Crippen molar-refractivity contribution in [2.45, 2.75) is 32.1 Å². The molecule has 0 aliphatic carbocycles. The zero-order valence-electron chi connectivity index (χ0n) is 12.6.